The molecule has 0 aromatic heterocycles. The second-order valence-electron chi connectivity index (χ2n) is 15.2. The third-order valence-corrected chi connectivity index (χ3v) is 7.32. The maximum atomic E-state index is 11.2. The van der Waals surface area contributed by atoms with Crippen molar-refractivity contribution in [1.29, 1.82) is 0 Å². The number of aliphatic hydroxyl groups excluding tert-OH is 5. The zero-order valence-electron chi connectivity index (χ0n) is 25.3. The summed E-state index contributed by atoms with van der Waals surface area (Å²) in [6.07, 6.45) is -2.18. The van der Waals surface area contributed by atoms with Crippen LogP contribution in [-0.4, -0.2) is 87.0 Å². The Balaban J connectivity index is 2.91. The van der Waals surface area contributed by atoms with E-state index >= 15 is 0 Å². The Hall–Kier alpha value is -0.320. The highest BCUT2D eigenvalue weighted by Gasteiger charge is 2.38. The van der Waals surface area contributed by atoms with Crippen molar-refractivity contribution >= 4 is 0 Å². The first-order valence-corrected chi connectivity index (χ1v) is 14.1. The Kier molecular flexibility index (Phi) is 13.0. The van der Waals surface area contributed by atoms with Gasteiger partial charge in [0, 0.05) is 18.6 Å². The maximum Gasteiger partial charge on any atom is 0.108 e. The van der Waals surface area contributed by atoms with Gasteiger partial charge in [-0.05, 0) is 62.2 Å². The van der Waals surface area contributed by atoms with E-state index < -0.39 is 42.7 Å². The van der Waals surface area contributed by atoms with Crippen LogP contribution in [0.5, 0.6) is 0 Å². The zero-order valence-corrected chi connectivity index (χ0v) is 25.3. The molecular formula is C29H60N2O6. The van der Waals surface area contributed by atoms with Crippen LogP contribution >= 0.6 is 0 Å². The lowest BCUT2D eigenvalue weighted by Gasteiger charge is -2.39. The second kappa shape index (κ2) is 13.8. The van der Waals surface area contributed by atoms with E-state index in [2.05, 4.69) is 66.0 Å². The second-order valence-corrected chi connectivity index (χ2v) is 15.2. The number of ether oxygens (including phenoxy) is 1. The molecule has 0 radical (unpaired) electrons. The van der Waals surface area contributed by atoms with Gasteiger partial charge in [-0.3, -0.25) is 10.6 Å². The molecule has 1 rings (SSSR count). The lowest BCUT2D eigenvalue weighted by Crippen LogP contribution is -2.54. The van der Waals surface area contributed by atoms with Gasteiger partial charge in [0.15, 0.2) is 0 Å². The SMILES string of the molecule is CC(C)(C)CC(C)(C)NCNC(COC1CCCC(O)C(O)C1O)C(O)CC(O)C(C)(C)CC(C)(C)C. The summed E-state index contributed by atoms with van der Waals surface area (Å²) in [5.41, 5.74) is -0.315. The first-order chi connectivity index (χ1) is 16.6. The van der Waals surface area contributed by atoms with Crippen molar-refractivity contribution in [1.82, 2.24) is 10.6 Å². The minimum absolute atomic E-state index is 0.0415. The fraction of sp³-hybridized carbons (Fsp3) is 1.00. The number of hydrogen-bond acceptors (Lipinski definition) is 8. The molecule has 0 aromatic rings. The van der Waals surface area contributed by atoms with E-state index in [1.807, 2.05) is 13.8 Å². The third-order valence-electron chi connectivity index (χ3n) is 7.32. The summed E-state index contributed by atoms with van der Waals surface area (Å²) in [5, 5.41) is 59.9. The van der Waals surface area contributed by atoms with Gasteiger partial charge in [-0.25, -0.2) is 0 Å². The molecule has 0 aromatic carbocycles. The molecule has 1 aliphatic carbocycles. The molecule has 7 atom stereocenters. The summed E-state index contributed by atoms with van der Waals surface area (Å²) in [4.78, 5) is 0. The zero-order chi connectivity index (χ0) is 28.8. The summed E-state index contributed by atoms with van der Waals surface area (Å²) in [6.45, 7) is 21.9. The number of hydrogen-bond donors (Lipinski definition) is 7. The smallest absolute Gasteiger partial charge is 0.108 e. The molecule has 7 N–H and O–H groups in total. The molecule has 1 fully saturated rings. The summed E-state index contributed by atoms with van der Waals surface area (Å²) in [5.74, 6) is 0. The van der Waals surface area contributed by atoms with Gasteiger partial charge in [0.1, 0.15) is 12.2 Å². The van der Waals surface area contributed by atoms with Gasteiger partial charge >= 0.3 is 0 Å². The van der Waals surface area contributed by atoms with Crippen molar-refractivity contribution in [3.63, 3.8) is 0 Å². The Bertz CT molecular complexity index is 658. The van der Waals surface area contributed by atoms with Gasteiger partial charge in [-0.15, -0.1) is 0 Å². The van der Waals surface area contributed by atoms with Gasteiger partial charge in [0.25, 0.3) is 0 Å². The van der Waals surface area contributed by atoms with Crippen molar-refractivity contribution in [2.75, 3.05) is 13.3 Å². The Morgan fingerprint density at radius 2 is 1.38 bits per heavy atom. The molecule has 37 heavy (non-hydrogen) atoms. The monoisotopic (exact) mass is 532 g/mol. The highest BCUT2D eigenvalue weighted by Crippen LogP contribution is 2.37. The molecule has 0 amide bonds. The molecule has 7 unspecified atom stereocenters. The minimum atomic E-state index is -1.26. The molecular weight excluding hydrogens is 472 g/mol. The molecule has 0 aliphatic heterocycles. The minimum Gasteiger partial charge on any atom is -0.392 e. The fourth-order valence-electron chi connectivity index (χ4n) is 6.04. The van der Waals surface area contributed by atoms with Gasteiger partial charge in [0.2, 0.25) is 0 Å². The maximum absolute atomic E-state index is 11.2. The predicted octanol–water partition coefficient (Wildman–Crippen LogP) is 2.93. The van der Waals surface area contributed by atoms with E-state index in [0.717, 1.165) is 12.8 Å². The van der Waals surface area contributed by atoms with Gasteiger partial charge < -0.3 is 30.3 Å². The molecule has 222 valence electrons. The normalized spacial score (nSPS) is 27.0. The first-order valence-electron chi connectivity index (χ1n) is 14.1. The van der Waals surface area contributed by atoms with Crippen LogP contribution in [0, 0.1) is 16.2 Å². The predicted molar refractivity (Wildman–Crippen MR) is 149 cm³/mol. The average Bonchev–Trinajstić information content (AvgIpc) is 2.80. The summed E-state index contributed by atoms with van der Waals surface area (Å²) in [7, 11) is 0. The van der Waals surface area contributed by atoms with Crippen molar-refractivity contribution < 1.29 is 30.3 Å². The molecule has 0 heterocycles. The highest BCUT2D eigenvalue weighted by atomic mass is 16.5. The Morgan fingerprint density at radius 3 is 1.92 bits per heavy atom. The Labute approximate surface area is 226 Å². The lowest BCUT2D eigenvalue weighted by atomic mass is 9.71. The molecule has 8 nitrogen and oxygen atoms in total. The fourth-order valence-corrected chi connectivity index (χ4v) is 6.04. The van der Waals surface area contributed by atoms with Crippen LogP contribution < -0.4 is 10.6 Å². The van der Waals surface area contributed by atoms with E-state index in [4.69, 9.17) is 4.74 Å². The molecule has 1 aliphatic rings. The lowest BCUT2D eigenvalue weighted by molar-refractivity contribution is -0.122. The first kappa shape index (κ1) is 34.7. The van der Waals surface area contributed by atoms with E-state index in [-0.39, 0.29) is 34.8 Å². The number of nitrogens with one attached hydrogen (secondary N) is 2. The van der Waals surface area contributed by atoms with Crippen LogP contribution in [0.15, 0.2) is 0 Å². The van der Waals surface area contributed by atoms with Gasteiger partial charge in [0.05, 0.1) is 37.1 Å². The summed E-state index contributed by atoms with van der Waals surface area (Å²) >= 11 is 0. The van der Waals surface area contributed by atoms with Crippen LogP contribution in [0.2, 0.25) is 0 Å². The molecule has 0 saturated heterocycles. The van der Waals surface area contributed by atoms with E-state index in [9.17, 15) is 25.5 Å². The third kappa shape index (κ3) is 13.1. The van der Waals surface area contributed by atoms with Crippen LogP contribution in [0.25, 0.3) is 0 Å². The van der Waals surface area contributed by atoms with Crippen molar-refractivity contribution in [3.05, 3.63) is 0 Å². The average molecular weight is 533 g/mol. The van der Waals surface area contributed by atoms with Gasteiger partial charge in [-0.1, -0.05) is 55.4 Å². The van der Waals surface area contributed by atoms with Gasteiger partial charge in [-0.2, -0.15) is 0 Å². The Morgan fingerprint density at radius 1 is 0.811 bits per heavy atom. The van der Waals surface area contributed by atoms with Crippen LogP contribution in [0.1, 0.15) is 108 Å². The van der Waals surface area contributed by atoms with Crippen molar-refractivity contribution in [3.8, 4) is 0 Å². The molecule has 8 heteroatoms. The largest absolute Gasteiger partial charge is 0.392 e. The quantitative estimate of drug-likeness (QED) is 0.142. The molecule has 0 spiro atoms. The van der Waals surface area contributed by atoms with E-state index in [0.29, 0.717) is 25.9 Å². The summed E-state index contributed by atoms with van der Waals surface area (Å²) < 4.78 is 6.04. The highest BCUT2D eigenvalue weighted by molar-refractivity contribution is 4.90. The number of aliphatic hydroxyl groups is 5. The number of rotatable bonds is 13. The van der Waals surface area contributed by atoms with Crippen molar-refractivity contribution in [2.45, 2.75) is 156 Å². The summed E-state index contributed by atoms with van der Waals surface area (Å²) in [6, 6.07) is -0.504. The van der Waals surface area contributed by atoms with Crippen LogP contribution in [-0.2, 0) is 4.74 Å². The van der Waals surface area contributed by atoms with Crippen molar-refractivity contribution in [2.24, 2.45) is 16.2 Å². The van der Waals surface area contributed by atoms with Crippen LogP contribution in [0.3, 0.4) is 0 Å². The standard InChI is InChI=1S/C29H60N2O6/c1-26(2,3)16-28(7,8)23(34)14-21(33)19(30-18-31-29(9,10)17-27(4,5)6)15-37-22-13-11-12-20(32)24(35)25(22)36/h19-25,30-36H,11-18H2,1-10H3. The molecule has 1 saturated carbocycles. The topological polar surface area (TPSA) is 134 Å². The van der Waals surface area contributed by atoms with E-state index in [1.165, 1.54) is 0 Å². The van der Waals surface area contributed by atoms with Crippen LogP contribution in [0.4, 0.5) is 0 Å². The van der Waals surface area contributed by atoms with E-state index in [1.54, 1.807) is 0 Å². The molecule has 0 bridgehead atoms.